The number of rotatable bonds is 7. The largest absolute Gasteiger partial charge is 0.457 e. The molecule has 1 amide bonds. The van der Waals surface area contributed by atoms with Crippen molar-refractivity contribution in [2.24, 2.45) is 0 Å². The molecule has 0 saturated carbocycles. The predicted octanol–water partition coefficient (Wildman–Crippen LogP) is 1.81. The van der Waals surface area contributed by atoms with Gasteiger partial charge in [-0.05, 0) is 50.6 Å². The third-order valence-electron chi connectivity index (χ3n) is 6.46. The van der Waals surface area contributed by atoms with Crippen LogP contribution in [0.1, 0.15) is 31.4 Å². The van der Waals surface area contributed by atoms with E-state index in [-0.39, 0.29) is 10.6 Å². The molecule has 0 unspecified atom stereocenters. The zero-order valence-electron chi connectivity index (χ0n) is 19.4. The van der Waals surface area contributed by atoms with Gasteiger partial charge in [-0.25, -0.2) is 17.4 Å². The van der Waals surface area contributed by atoms with Gasteiger partial charge in [-0.2, -0.15) is 8.42 Å². The van der Waals surface area contributed by atoms with Gasteiger partial charge in [0.2, 0.25) is 5.91 Å². The van der Waals surface area contributed by atoms with E-state index >= 15 is 0 Å². The molecule has 2 aromatic carbocycles. The minimum Gasteiger partial charge on any atom is -0.457 e. The van der Waals surface area contributed by atoms with Crippen LogP contribution < -0.4 is 0 Å². The second kappa shape index (κ2) is 8.35. The first kappa shape index (κ1) is 25.7. The quantitative estimate of drug-likeness (QED) is 0.167. The van der Waals surface area contributed by atoms with Gasteiger partial charge in [0.25, 0.3) is 21.5 Å². The molecule has 2 aliphatic rings. The van der Waals surface area contributed by atoms with Gasteiger partial charge in [-0.1, -0.05) is 17.7 Å². The summed E-state index contributed by atoms with van der Waals surface area (Å²) in [6.07, 6.45) is -0.433. The van der Waals surface area contributed by atoms with Crippen LogP contribution >= 0.6 is 0 Å². The second-order valence-electron chi connectivity index (χ2n) is 8.97. The number of benzene rings is 2. The Labute approximate surface area is 207 Å². The number of aryl methyl sites for hydroxylation is 1. The topological polar surface area (TPSA) is 167 Å². The summed E-state index contributed by atoms with van der Waals surface area (Å²) < 4.78 is 61.5. The molecule has 2 aromatic rings. The van der Waals surface area contributed by atoms with E-state index in [2.05, 4.69) is 0 Å². The average Bonchev–Trinajstić information content (AvgIpc) is 2.90. The van der Waals surface area contributed by atoms with E-state index in [0.717, 1.165) is 19.4 Å². The van der Waals surface area contributed by atoms with E-state index in [4.69, 9.17) is 8.92 Å². The molecule has 0 N–H and O–H groups in total. The van der Waals surface area contributed by atoms with Crippen LogP contribution in [0.2, 0.25) is 0 Å². The lowest BCUT2D eigenvalue weighted by molar-refractivity contribution is -0.384. The van der Waals surface area contributed by atoms with E-state index in [1.807, 2.05) is 0 Å². The number of nitrogens with zero attached hydrogens (tertiary/aromatic N) is 2. The maximum Gasteiger partial charge on any atom is 0.363 e. The number of non-ortho nitro benzene ring substituents is 1. The highest BCUT2D eigenvalue weighted by Gasteiger charge is 2.80. The van der Waals surface area contributed by atoms with Crippen molar-refractivity contribution >= 4 is 37.5 Å². The van der Waals surface area contributed by atoms with E-state index < -0.39 is 65.6 Å². The summed E-state index contributed by atoms with van der Waals surface area (Å²) >= 11 is 0. The monoisotopic (exact) mass is 538 g/mol. The van der Waals surface area contributed by atoms with E-state index in [1.165, 1.54) is 48.5 Å². The number of esters is 1. The molecule has 14 heteroatoms. The van der Waals surface area contributed by atoms with Crippen molar-refractivity contribution in [1.29, 1.82) is 0 Å². The minimum atomic E-state index is -4.76. The number of sulfone groups is 1. The van der Waals surface area contributed by atoms with Gasteiger partial charge in [0.1, 0.15) is 16.7 Å². The van der Waals surface area contributed by atoms with Gasteiger partial charge >= 0.3 is 5.97 Å². The van der Waals surface area contributed by atoms with Crippen LogP contribution in [0.3, 0.4) is 0 Å². The predicted molar refractivity (Wildman–Crippen MR) is 123 cm³/mol. The fraction of sp³-hybridized carbons (Fsp3) is 0.364. The third kappa shape index (κ3) is 3.67. The van der Waals surface area contributed by atoms with Gasteiger partial charge in [0.15, 0.2) is 9.84 Å². The first-order valence-corrected chi connectivity index (χ1v) is 13.6. The van der Waals surface area contributed by atoms with Gasteiger partial charge in [0.05, 0.1) is 16.2 Å². The lowest BCUT2D eigenvalue weighted by atomic mass is 9.93. The van der Waals surface area contributed by atoms with Crippen molar-refractivity contribution in [3.63, 3.8) is 0 Å². The summed E-state index contributed by atoms with van der Waals surface area (Å²) in [6, 6.07) is 10.4. The zero-order chi connectivity index (χ0) is 26.7. The van der Waals surface area contributed by atoms with Crippen LogP contribution in [-0.4, -0.2) is 54.4 Å². The number of hydrogen-bond donors (Lipinski definition) is 0. The zero-order valence-corrected chi connectivity index (χ0v) is 21.0. The lowest BCUT2D eigenvalue weighted by Crippen LogP contribution is -2.69. The molecule has 2 heterocycles. The lowest BCUT2D eigenvalue weighted by Gasteiger charge is -2.44. The average molecular weight is 539 g/mol. The van der Waals surface area contributed by atoms with Crippen LogP contribution in [0.15, 0.2) is 53.4 Å². The first-order valence-electron chi connectivity index (χ1n) is 10.6. The Hall–Kier alpha value is -3.36. The molecule has 0 radical (unpaired) electrons. The highest BCUT2D eigenvalue weighted by Crippen LogP contribution is 2.54. The first-order chi connectivity index (χ1) is 16.6. The summed E-state index contributed by atoms with van der Waals surface area (Å²) in [5.41, 5.74) is -1.99. The SMILES string of the molecule is Cc1ccc(S(=O)(=O)O[C@@]2(C(=O)OCc3ccc([N+](=O)[O-])cc3)N3C(=O)C[C@H]3S(=O)(=O)C2(C)C)cc1. The van der Waals surface area contributed by atoms with Crippen molar-refractivity contribution in [3.05, 3.63) is 69.8 Å². The van der Waals surface area contributed by atoms with Crippen LogP contribution in [0, 0.1) is 17.0 Å². The summed E-state index contributed by atoms with van der Waals surface area (Å²) in [5.74, 6) is -2.19. The number of carbonyl (C=O) groups is 2. The Balaban J connectivity index is 1.76. The third-order valence-corrected chi connectivity index (χ3v) is 10.6. The number of β-lactam (4-membered cyclic amide) rings is 1. The van der Waals surface area contributed by atoms with Gasteiger partial charge in [0, 0.05) is 12.1 Å². The number of ether oxygens (including phenoxy) is 1. The highest BCUT2D eigenvalue weighted by molar-refractivity contribution is 7.94. The fourth-order valence-corrected chi connectivity index (χ4v) is 7.72. The van der Waals surface area contributed by atoms with Crippen molar-refractivity contribution in [2.75, 3.05) is 0 Å². The normalized spacial score (nSPS) is 24.0. The standard InChI is InChI=1S/C22H22N2O10S2/c1-14-4-10-17(11-5-14)36(31,32)34-22(21(2,3)35(29,30)19-12-18(25)23(19)22)20(26)33-13-15-6-8-16(9-7-15)24(27)28/h4-11,19H,12-13H2,1-3H3/t19-,22-/m1/s1. The summed E-state index contributed by atoms with van der Waals surface area (Å²) in [6.45, 7) is 3.44. The van der Waals surface area contributed by atoms with Crippen LogP contribution in [0.5, 0.6) is 0 Å². The van der Waals surface area contributed by atoms with Crippen molar-refractivity contribution < 1.29 is 40.3 Å². The van der Waals surface area contributed by atoms with Gasteiger partial charge in [-0.15, -0.1) is 0 Å². The van der Waals surface area contributed by atoms with Crippen molar-refractivity contribution in [1.82, 2.24) is 4.90 Å². The second-order valence-corrected chi connectivity index (χ2v) is 13.2. The summed E-state index contributed by atoms with van der Waals surface area (Å²) in [7, 11) is -9.03. The molecule has 2 atom stereocenters. The molecule has 36 heavy (non-hydrogen) atoms. The summed E-state index contributed by atoms with van der Waals surface area (Å²) in [4.78, 5) is 36.6. The van der Waals surface area contributed by atoms with Crippen molar-refractivity contribution in [3.8, 4) is 0 Å². The number of fused-ring (bicyclic) bond motifs is 1. The molecule has 0 aliphatic carbocycles. The Morgan fingerprint density at radius 2 is 1.72 bits per heavy atom. The molecule has 12 nitrogen and oxygen atoms in total. The molecular formula is C22H22N2O10S2. The smallest absolute Gasteiger partial charge is 0.363 e. The Morgan fingerprint density at radius 3 is 2.25 bits per heavy atom. The molecule has 0 aromatic heterocycles. The number of nitro groups is 1. The molecule has 192 valence electrons. The Bertz CT molecular complexity index is 1470. The Morgan fingerprint density at radius 1 is 1.14 bits per heavy atom. The molecule has 2 fully saturated rings. The van der Waals surface area contributed by atoms with Crippen LogP contribution in [-0.2, 0) is 45.1 Å². The Kier molecular flexibility index (Phi) is 5.97. The number of hydrogen-bond acceptors (Lipinski definition) is 10. The number of carbonyl (C=O) groups excluding carboxylic acids is 2. The van der Waals surface area contributed by atoms with Crippen molar-refractivity contribution in [2.45, 2.75) is 54.5 Å². The maximum absolute atomic E-state index is 13.5. The number of amides is 1. The molecule has 0 spiro atoms. The molecule has 4 rings (SSSR count). The minimum absolute atomic E-state index is 0.203. The molecule has 0 bridgehead atoms. The van der Waals surface area contributed by atoms with E-state index in [1.54, 1.807) is 6.92 Å². The van der Waals surface area contributed by atoms with E-state index in [0.29, 0.717) is 10.5 Å². The summed E-state index contributed by atoms with van der Waals surface area (Å²) in [5, 5.41) is 9.39. The van der Waals surface area contributed by atoms with Gasteiger partial charge < -0.3 is 4.74 Å². The fourth-order valence-electron chi connectivity index (χ4n) is 4.23. The number of nitro benzene ring substituents is 1. The van der Waals surface area contributed by atoms with Gasteiger partial charge in [-0.3, -0.25) is 19.8 Å². The molecule has 2 saturated heterocycles. The van der Waals surface area contributed by atoms with E-state index in [9.17, 15) is 36.5 Å². The maximum atomic E-state index is 13.5. The molecule has 2 aliphatic heterocycles. The molecular weight excluding hydrogens is 516 g/mol. The van der Waals surface area contributed by atoms with Crippen LogP contribution in [0.25, 0.3) is 0 Å². The van der Waals surface area contributed by atoms with Crippen LogP contribution in [0.4, 0.5) is 5.69 Å². The highest BCUT2D eigenvalue weighted by atomic mass is 32.2.